The Bertz CT molecular complexity index is 1480. The third-order valence-electron chi connectivity index (χ3n) is 8.01. The van der Waals surface area contributed by atoms with Gasteiger partial charge in [0, 0.05) is 11.3 Å². The van der Waals surface area contributed by atoms with E-state index in [0.717, 1.165) is 36.1 Å². The van der Waals surface area contributed by atoms with Gasteiger partial charge in [-0.2, -0.15) is 0 Å². The molecule has 2 atom stereocenters. The zero-order chi connectivity index (χ0) is 27.5. The highest BCUT2D eigenvalue weighted by atomic mass is 16.3. The lowest BCUT2D eigenvalue weighted by atomic mass is 9.83. The normalized spacial score (nSPS) is 20.0. The van der Waals surface area contributed by atoms with Gasteiger partial charge in [0.1, 0.15) is 17.7 Å². The number of phenolic OH excluding ortho intramolecular Hbond substituents is 1. The van der Waals surface area contributed by atoms with E-state index < -0.39 is 0 Å². The molecule has 0 aromatic heterocycles. The van der Waals surface area contributed by atoms with Crippen LogP contribution >= 0.6 is 0 Å². The fourth-order valence-corrected chi connectivity index (χ4v) is 6.23. The maximum absolute atomic E-state index is 10.7. The van der Waals surface area contributed by atoms with Gasteiger partial charge in [0.25, 0.3) is 0 Å². The summed E-state index contributed by atoms with van der Waals surface area (Å²) in [5.74, 6) is 2.04. The quantitative estimate of drug-likeness (QED) is 0.289. The molecule has 0 spiro atoms. The van der Waals surface area contributed by atoms with Crippen LogP contribution in [0.25, 0.3) is 11.1 Å². The van der Waals surface area contributed by atoms with Crippen molar-refractivity contribution in [1.82, 2.24) is 10.6 Å². The monoisotopic (exact) mass is 529 g/mol. The standard InChI is InChI=1S/C36H39N3O/c1-25(2)20-26-21-28(31-15-8-9-17-34(31)40)23-29(22-26)33-24-27-12-6-7-16-32(27)36(38-33)39(30-13-4-3-5-14-30)35-18-10-11-19-37-35/h3-5,8-11,13-15,17-19,21-25,33,35,37-38,40H,6-7,12,16,20H2,1-2H3/t33?,35-/m0/s1. The largest absolute Gasteiger partial charge is 0.507 e. The molecule has 40 heavy (non-hydrogen) atoms. The maximum Gasteiger partial charge on any atom is 0.124 e. The summed E-state index contributed by atoms with van der Waals surface area (Å²) in [6.45, 7) is 4.53. The average Bonchev–Trinajstić information content (AvgIpc) is 2.98. The topological polar surface area (TPSA) is 47.5 Å². The number of benzene rings is 3. The first-order valence-corrected chi connectivity index (χ1v) is 14.6. The van der Waals surface area contributed by atoms with E-state index in [9.17, 15) is 5.11 Å². The van der Waals surface area contributed by atoms with E-state index in [4.69, 9.17) is 0 Å². The first-order chi connectivity index (χ1) is 19.6. The minimum atomic E-state index is 0.00780. The van der Waals surface area contributed by atoms with Crippen molar-refractivity contribution in [2.45, 2.75) is 58.2 Å². The molecule has 0 radical (unpaired) electrons. The van der Waals surface area contributed by atoms with Gasteiger partial charge in [-0.15, -0.1) is 0 Å². The summed E-state index contributed by atoms with van der Waals surface area (Å²) in [4.78, 5) is 2.42. The van der Waals surface area contributed by atoms with Gasteiger partial charge < -0.3 is 20.6 Å². The molecule has 204 valence electrons. The van der Waals surface area contributed by atoms with E-state index in [2.05, 4.69) is 96.1 Å². The lowest BCUT2D eigenvalue weighted by Gasteiger charge is -2.41. The molecular weight excluding hydrogens is 490 g/mol. The Balaban J connectivity index is 1.46. The molecule has 1 fully saturated rings. The predicted molar refractivity (Wildman–Crippen MR) is 166 cm³/mol. The summed E-state index contributed by atoms with van der Waals surface area (Å²) in [6.07, 6.45) is 16.5. The second-order valence-corrected chi connectivity index (χ2v) is 11.5. The Morgan fingerprint density at radius 2 is 1.73 bits per heavy atom. The molecule has 1 saturated carbocycles. The fourth-order valence-electron chi connectivity index (χ4n) is 6.23. The Morgan fingerprint density at radius 3 is 2.50 bits per heavy atom. The third kappa shape index (κ3) is 5.44. The number of nitrogens with one attached hydrogen (secondary N) is 2. The molecule has 2 heterocycles. The van der Waals surface area contributed by atoms with Crippen molar-refractivity contribution in [2.24, 2.45) is 5.92 Å². The number of fused-ring (bicyclic) bond motifs is 1. The average molecular weight is 530 g/mol. The zero-order valence-corrected chi connectivity index (χ0v) is 23.5. The smallest absolute Gasteiger partial charge is 0.124 e. The van der Waals surface area contributed by atoms with Crippen LogP contribution in [0.15, 0.2) is 120 Å². The SMILES string of the molecule is CC(C)Cc1cc(-c2ccccc2O)cc(C2C=C3CCCCC3=C(N(c3ccccc3)[C@H]3C=CC=CN3)N2)c1. The predicted octanol–water partition coefficient (Wildman–Crippen LogP) is 8.12. The molecule has 6 rings (SSSR count). The van der Waals surface area contributed by atoms with Crippen LogP contribution in [0, 0.1) is 5.92 Å². The highest BCUT2D eigenvalue weighted by molar-refractivity contribution is 5.72. The van der Waals surface area contributed by atoms with Crippen LogP contribution in [-0.2, 0) is 6.42 Å². The number of phenols is 1. The molecule has 0 saturated heterocycles. The number of nitrogens with zero attached hydrogens (tertiary/aromatic N) is 1. The minimum absolute atomic E-state index is 0.00780. The number of hydrogen-bond donors (Lipinski definition) is 3. The highest BCUT2D eigenvalue weighted by Crippen LogP contribution is 2.41. The van der Waals surface area contributed by atoms with Gasteiger partial charge >= 0.3 is 0 Å². The second kappa shape index (κ2) is 11.5. The summed E-state index contributed by atoms with van der Waals surface area (Å²) >= 11 is 0. The van der Waals surface area contributed by atoms with Gasteiger partial charge in [-0.3, -0.25) is 0 Å². The van der Waals surface area contributed by atoms with Crippen LogP contribution in [0.2, 0.25) is 0 Å². The van der Waals surface area contributed by atoms with E-state index in [0.29, 0.717) is 11.7 Å². The Hall–Kier alpha value is -4.18. The molecule has 0 bridgehead atoms. The number of para-hydroxylation sites is 2. The first-order valence-electron chi connectivity index (χ1n) is 14.6. The number of aromatic hydroxyl groups is 1. The molecule has 3 N–H and O–H groups in total. The molecular formula is C36H39N3O. The number of dihydropyridines is 2. The summed E-state index contributed by atoms with van der Waals surface area (Å²) in [7, 11) is 0. The number of anilines is 1. The molecule has 3 aromatic carbocycles. The van der Waals surface area contributed by atoms with Crippen molar-refractivity contribution in [3.8, 4) is 16.9 Å². The molecule has 0 amide bonds. The van der Waals surface area contributed by atoms with Crippen molar-refractivity contribution in [1.29, 1.82) is 0 Å². The number of hydrogen-bond acceptors (Lipinski definition) is 4. The maximum atomic E-state index is 10.7. The van der Waals surface area contributed by atoms with Gasteiger partial charge in [-0.05, 0) is 108 Å². The number of allylic oxidation sites excluding steroid dienone is 4. The summed E-state index contributed by atoms with van der Waals surface area (Å²) in [5, 5.41) is 18.3. The van der Waals surface area contributed by atoms with Crippen molar-refractivity contribution in [2.75, 3.05) is 4.90 Å². The van der Waals surface area contributed by atoms with E-state index in [1.165, 1.54) is 40.9 Å². The van der Waals surface area contributed by atoms with Gasteiger partial charge in [0.05, 0.1) is 6.04 Å². The molecule has 1 aliphatic carbocycles. The van der Waals surface area contributed by atoms with Crippen LogP contribution in [-0.4, -0.2) is 11.3 Å². The Labute approximate surface area is 238 Å². The first kappa shape index (κ1) is 26.1. The van der Waals surface area contributed by atoms with Gasteiger partial charge in [-0.1, -0.05) is 74.5 Å². The van der Waals surface area contributed by atoms with E-state index in [-0.39, 0.29) is 12.2 Å². The zero-order valence-electron chi connectivity index (χ0n) is 23.5. The fraction of sp³-hybridized carbons (Fsp3) is 0.278. The van der Waals surface area contributed by atoms with Crippen molar-refractivity contribution >= 4 is 5.69 Å². The number of rotatable bonds is 7. The van der Waals surface area contributed by atoms with E-state index in [1.807, 2.05) is 30.5 Å². The lowest BCUT2D eigenvalue weighted by Crippen LogP contribution is -2.48. The summed E-state index contributed by atoms with van der Waals surface area (Å²) < 4.78 is 0. The van der Waals surface area contributed by atoms with Gasteiger partial charge in [0.15, 0.2) is 0 Å². The van der Waals surface area contributed by atoms with Gasteiger partial charge in [-0.25, -0.2) is 0 Å². The third-order valence-corrected chi connectivity index (χ3v) is 8.01. The highest BCUT2D eigenvalue weighted by Gasteiger charge is 2.31. The molecule has 2 aliphatic heterocycles. The molecule has 4 heteroatoms. The van der Waals surface area contributed by atoms with Crippen LogP contribution in [0.4, 0.5) is 5.69 Å². The summed E-state index contributed by atoms with van der Waals surface area (Å²) in [6, 6.07) is 25.2. The van der Waals surface area contributed by atoms with Crippen LogP contribution < -0.4 is 15.5 Å². The van der Waals surface area contributed by atoms with Crippen molar-refractivity contribution < 1.29 is 5.11 Å². The Kier molecular flexibility index (Phi) is 7.50. The van der Waals surface area contributed by atoms with E-state index in [1.54, 1.807) is 6.07 Å². The van der Waals surface area contributed by atoms with Crippen LogP contribution in [0.3, 0.4) is 0 Å². The lowest BCUT2D eigenvalue weighted by molar-refractivity contribution is 0.477. The van der Waals surface area contributed by atoms with E-state index >= 15 is 0 Å². The van der Waals surface area contributed by atoms with Crippen LogP contribution in [0.1, 0.15) is 56.7 Å². The molecule has 3 aromatic rings. The minimum Gasteiger partial charge on any atom is -0.507 e. The molecule has 4 nitrogen and oxygen atoms in total. The molecule has 3 aliphatic rings. The molecule has 1 unspecified atom stereocenters. The van der Waals surface area contributed by atoms with Crippen molar-refractivity contribution in [3.63, 3.8) is 0 Å². The second-order valence-electron chi connectivity index (χ2n) is 11.5. The Morgan fingerprint density at radius 1 is 0.925 bits per heavy atom. The van der Waals surface area contributed by atoms with Gasteiger partial charge in [0.2, 0.25) is 0 Å². The van der Waals surface area contributed by atoms with Crippen molar-refractivity contribution in [3.05, 3.63) is 131 Å². The summed E-state index contributed by atoms with van der Waals surface area (Å²) in [5.41, 5.74) is 8.51. The van der Waals surface area contributed by atoms with Crippen LogP contribution in [0.5, 0.6) is 5.75 Å².